The van der Waals surface area contributed by atoms with Crippen LogP contribution in [0.1, 0.15) is 35.3 Å². The average Bonchev–Trinajstić information content (AvgIpc) is 3.02. The second-order valence-electron chi connectivity index (χ2n) is 7.80. The zero-order valence-electron chi connectivity index (χ0n) is 16.6. The zero-order valence-corrected chi connectivity index (χ0v) is 17.4. The first kappa shape index (κ1) is 21.7. The summed E-state index contributed by atoms with van der Waals surface area (Å²) in [5, 5.41) is 4.32. The largest absolute Gasteiger partial charge is 0.354 e. The number of hydrogen-bond donors (Lipinski definition) is 3. The minimum Gasteiger partial charge on any atom is -0.354 e. The van der Waals surface area contributed by atoms with Crippen molar-refractivity contribution >= 4 is 40.1 Å². The number of nitrogens with one attached hydrogen (secondary N) is 2. The van der Waals surface area contributed by atoms with Crippen LogP contribution in [-0.2, 0) is 12.1 Å². The fraction of sp³-hybridized carbons (Fsp3) is 0.174. The highest BCUT2D eigenvalue weighted by Crippen LogP contribution is 2.28. The monoisotopic (exact) mass is 429 g/mol. The van der Waals surface area contributed by atoms with E-state index in [0.29, 0.717) is 23.0 Å². The molecule has 0 bridgehead atoms. The Morgan fingerprint density at radius 3 is 2.43 bits per heavy atom. The highest BCUT2D eigenvalue weighted by atomic mass is 35.5. The van der Waals surface area contributed by atoms with Gasteiger partial charge in [-0.3, -0.25) is 4.79 Å². The number of aromatic nitrogens is 1. The molecule has 0 atom stereocenters. The van der Waals surface area contributed by atoms with Gasteiger partial charge < -0.3 is 16.0 Å². The standard InChI is InChI=1S/C23H21F2N3O.ClH/c1-23(2,26)15-5-3-4-14(9-15)22(29)27-12-13-6-7-16-17-10-18(24)19(25)11-21(17)28-20(16)8-13;/h3-11,28H,12,26H2,1-2H3,(H,27,29);1H. The number of fused-ring (bicyclic) bond motifs is 3. The molecule has 0 aliphatic heterocycles. The molecular weight excluding hydrogens is 408 g/mol. The number of rotatable bonds is 4. The van der Waals surface area contributed by atoms with E-state index in [1.165, 1.54) is 6.07 Å². The minimum atomic E-state index is -0.889. The third kappa shape index (κ3) is 4.15. The van der Waals surface area contributed by atoms with E-state index in [4.69, 9.17) is 5.73 Å². The minimum absolute atomic E-state index is 0. The molecule has 0 aliphatic rings. The van der Waals surface area contributed by atoms with Crippen LogP contribution in [0.2, 0.25) is 0 Å². The molecule has 0 unspecified atom stereocenters. The van der Waals surface area contributed by atoms with Crippen molar-refractivity contribution in [2.24, 2.45) is 5.73 Å². The Kier molecular flexibility index (Phi) is 5.83. The summed E-state index contributed by atoms with van der Waals surface area (Å²) in [4.78, 5) is 15.6. The third-order valence-electron chi connectivity index (χ3n) is 5.03. The molecule has 0 saturated carbocycles. The van der Waals surface area contributed by atoms with E-state index in [9.17, 15) is 13.6 Å². The molecule has 1 amide bonds. The normalized spacial score (nSPS) is 11.5. The van der Waals surface area contributed by atoms with Gasteiger partial charge in [0.05, 0.1) is 0 Å². The summed E-state index contributed by atoms with van der Waals surface area (Å²) >= 11 is 0. The number of carbonyl (C=O) groups excluding carboxylic acids is 1. The average molecular weight is 430 g/mol. The SMILES string of the molecule is CC(C)(N)c1cccc(C(=O)NCc2ccc3c(c2)[nH]c2cc(F)c(F)cc23)c1.Cl. The van der Waals surface area contributed by atoms with Crippen molar-refractivity contribution in [3.8, 4) is 0 Å². The van der Waals surface area contributed by atoms with E-state index in [1.807, 2.05) is 44.2 Å². The zero-order chi connectivity index (χ0) is 20.8. The molecule has 4 nitrogen and oxygen atoms in total. The second kappa shape index (κ2) is 8.05. The van der Waals surface area contributed by atoms with Gasteiger partial charge in [-0.1, -0.05) is 24.3 Å². The van der Waals surface area contributed by atoms with Crippen molar-refractivity contribution in [3.05, 3.63) is 82.9 Å². The number of halogens is 3. The van der Waals surface area contributed by atoms with E-state index >= 15 is 0 Å². The topological polar surface area (TPSA) is 70.9 Å². The van der Waals surface area contributed by atoms with Crippen LogP contribution < -0.4 is 11.1 Å². The molecule has 0 saturated heterocycles. The predicted octanol–water partition coefficient (Wildman–Crippen LogP) is 5.14. The van der Waals surface area contributed by atoms with Crippen LogP contribution in [0.5, 0.6) is 0 Å². The van der Waals surface area contributed by atoms with Crippen molar-refractivity contribution in [1.29, 1.82) is 0 Å². The fourth-order valence-electron chi connectivity index (χ4n) is 3.40. The maximum atomic E-state index is 13.6. The summed E-state index contributed by atoms with van der Waals surface area (Å²) in [7, 11) is 0. The summed E-state index contributed by atoms with van der Waals surface area (Å²) in [6.07, 6.45) is 0. The van der Waals surface area contributed by atoms with Crippen molar-refractivity contribution < 1.29 is 13.6 Å². The Labute approximate surface area is 178 Å². The van der Waals surface area contributed by atoms with Crippen LogP contribution in [0.15, 0.2) is 54.6 Å². The molecule has 0 radical (unpaired) electrons. The Hall–Kier alpha value is -2.96. The Balaban J connectivity index is 0.00000256. The van der Waals surface area contributed by atoms with Gasteiger partial charge in [-0.15, -0.1) is 12.4 Å². The first-order valence-corrected chi connectivity index (χ1v) is 9.29. The van der Waals surface area contributed by atoms with E-state index in [2.05, 4.69) is 10.3 Å². The smallest absolute Gasteiger partial charge is 0.251 e. The number of nitrogens with two attached hydrogens (primary N) is 1. The highest BCUT2D eigenvalue weighted by Gasteiger charge is 2.16. The molecule has 1 aromatic heterocycles. The van der Waals surface area contributed by atoms with Crippen molar-refractivity contribution in [2.75, 3.05) is 0 Å². The molecule has 0 spiro atoms. The summed E-state index contributed by atoms with van der Waals surface area (Å²) in [5.74, 6) is -1.96. The van der Waals surface area contributed by atoms with E-state index in [1.54, 1.807) is 12.1 Å². The van der Waals surface area contributed by atoms with Crippen molar-refractivity contribution in [3.63, 3.8) is 0 Å². The summed E-state index contributed by atoms with van der Waals surface area (Å²) in [5.41, 5.74) is 9.15. The first-order chi connectivity index (χ1) is 13.7. The van der Waals surface area contributed by atoms with Gasteiger partial charge in [-0.25, -0.2) is 8.78 Å². The lowest BCUT2D eigenvalue weighted by Gasteiger charge is -2.19. The molecule has 7 heteroatoms. The van der Waals surface area contributed by atoms with Crippen LogP contribution in [0.25, 0.3) is 21.8 Å². The highest BCUT2D eigenvalue weighted by molar-refractivity contribution is 6.07. The summed E-state index contributed by atoms with van der Waals surface area (Å²) in [6.45, 7) is 4.09. The van der Waals surface area contributed by atoms with Crippen LogP contribution in [0, 0.1) is 11.6 Å². The molecule has 4 N–H and O–H groups in total. The van der Waals surface area contributed by atoms with Crippen molar-refractivity contribution in [2.45, 2.75) is 25.9 Å². The predicted molar refractivity (Wildman–Crippen MR) is 118 cm³/mol. The number of carbonyl (C=O) groups is 1. The van der Waals surface area contributed by atoms with Gasteiger partial charge in [0.15, 0.2) is 11.6 Å². The number of amides is 1. The van der Waals surface area contributed by atoms with Gasteiger partial charge in [0, 0.05) is 45.5 Å². The molecule has 30 heavy (non-hydrogen) atoms. The van der Waals surface area contributed by atoms with Gasteiger partial charge in [0.2, 0.25) is 0 Å². The summed E-state index contributed by atoms with van der Waals surface area (Å²) in [6, 6.07) is 15.1. The second-order valence-corrected chi connectivity index (χ2v) is 7.80. The Morgan fingerprint density at radius 1 is 1.00 bits per heavy atom. The number of benzene rings is 3. The molecule has 4 rings (SSSR count). The lowest BCUT2D eigenvalue weighted by Crippen LogP contribution is -2.29. The van der Waals surface area contributed by atoms with Crippen LogP contribution in [-0.4, -0.2) is 10.9 Å². The Bertz CT molecular complexity index is 1240. The fourth-order valence-corrected chi connectivity index (χ4v) is 3.40. The molecule has 1 heterocycles. The van der Waals surface area contributed by atoms with Crippen LogP contribution in [0.3, 0.4) is 0 Å². The van der Waals surface area contributed by atoms with Gasteiger partial charge >= 0.3 is 0 Å². The molecule has 0 fully saturated rings. The third-order valence-corrected chi connectivity index (χ3v) is 5.03. The first-order valence-electron chi connectivity index (χ1n) is 9.29. The lowest BCUT2D eigenvalue weighted by atomic mass is 9.94. The van der Waals surface area contributed by atoms with E-state index in [0.717, 1.165) is 28.1 Å². The van der Waals surface area contributed by atoms with E-state index in [-0.39, 0.29) is 18.3 Å². The van der Waals surface area contributed by atoms with Gasteiger partial charge in [-0.2, -0.15) is 0 Å². The molecule has 0 aliphatic carbocycles. The molecule has 3 aromatic carbocycles. The lowest BCUT2D eigenvalue weighted by molar-refractivity contribution is 0.0950. The number of aromatic amines is 1. The molecule has 156 valence electrons. The van der Waals surface area contributed by atoms with Gasteiger partial charge in [-0.05, 0) is 49.2 Å². The van der Waals surface area contributed by atoms with Crippen molar-refractivity contribution in [1.82, 2.24) is 10.3 Å². The maximum Gasteiger partial charge on any atom is 0.251 e. The molecule has 4 aromatic rings. The van der Waals surface area contributed by atoms with Crippen LogP contribution in [0.4, 0.5) is 8.78 Å². The quantitative estimate of drug-likeness (QED) is 0.420. The maximum absolute atomic E-state index is 13.6. The summed E-state index contributed by atoms with van der Waals surface area (Å²) < 4.78 is 27.0. The van der Waals surface area contributed by atoms with Gasteiger partial charge in [0.25, 0.3) is 5.91 Å². The number of H-pyrrole nitrogens is 1. The van der Waals surface area contributed by atoms with E-state index < -0.39 is 17.2 Å². The number of hydrogen-bond acceptors (Lipinski definition) is 2. The van der Waals surface area contributed by atoms with Crippen LogP contribution >= 0.6 is 12.4 Å². The Morgan fingerprint density at radius 2 is 1.70 bits per heavy atom. The molecular formula is C23H22ClF2N3O. The van der Waals surface area contributed by atoms with Gasteiger partial charge in [0.1, 0.15) is 0 Å².